The first-order valence-corrected chi connectivity index (χ1v) is 10.0. The Morgan fingerprint density at radius 2 is 1.92 bits per heavy atom. The highest BCUT2D eigenvalue weighted by molar-refractivity contribution is 5.78. The molecule has 2 fully saturated rings. The molecule has 1 amide bonds. The fraction of sp³-hybridized carbons (Fsp3) is 0.682. The van der Waals surface area contributed by atoms with Crippen LogP contribution < -0.4 is 5.32 Å². The molecule has 1 aromatic rings. The molecule has 2 aliphatic rings. The number of aryl methyl sites for hydroxylation is 1. The summed E-state index contributed by atoms with van der Waals surface area (Å²) >= 11 is 0. The Morgan fingerprint density at radius 1 is 1.15 bits per heavy atom. The van der Waals surface area contributed by atoms with Crippen molar-refractivity contribution in [3.8, 4) is 0 Å². The summed E-state index contributed by atoms with van der Waals surface area (Å²) in [5.74, 6) is 0.155. The summed E-state index contributed by atoms with van der Waals surface area (Å²) in [4.78, 5) is 17.2. The molecule has 0 aromatic heterocycles. The molecular weight excluding hydrogens is 322 g/mol. The Bertz CT molecular complexity index is 637. The van der Waals surface area contributed by atoms with E-state index >= 15 is 0 Å². The third-order valence-corrected chi connectivity index (χ3v) is 5.63. The van der Waals surface area contributed by atoms with Crippen LogP contribution in [0.5, 0.6) is 0 Å². The van der Waals surface area contributed by atoms with Crippen molar-refractivity contribution in [2.75, 3.05) is 32.7 Å². The fourth-order valence-electron chi connectivity index (χ4n) is 4.67. The second-order valence-corrected chi connectivity index (χ2v) is 9.56. The highest BCUT2D eigenvalue weighted by Crippen LogP contribution is 2.39. The van der Waals surface area contributed by atoms with Crippen LogP contribution in [0, 0.1) is 12.3 Å². The van der Waals surface area contributed by atoms with Crippen molar-refractivity contribution in [2.45, 2.75) is 59.0 Å². The zero-order chi connectivity index (χ0) is 18.8. The van der Waals surface area contributed by atoms with Crippen LogP contribution in [0.1, 0.15) is 51.2 Å². The lowest BCUT2D eigenvalue weighted by Gasteiger charge is -2.40. The number of piperidine rings is 1. The van der Waals surface area contributed by atoms with Crippen molar-refractivity contribution in [1.82, 2.24) is 15.1 Å². The van der Waals surface area contributed by atoms with Gasteiger partial charge < -0.3 is 5.32 Å². The molecular formula is C22H35N3O. The number of benzene rings is 1. The third kappa shape index (κ3) is 5.31. The van der Waals surface area contributed by atoms with Crippen LogP contribution in [0.3, 0.4) is 0 Å². The maximum absolute atomic E-state index is 12.3. The van der Waals surface area contributed by atoms with Crippen LogP contribution >= 0.6 is 0 Å². The minimum atomic E-state index is -0.149. The first-order chi connectivity index (χ1) is 12.2. The molecule has 1 aromatic carbocycles. The largest absolute Gasteiger partial charge is 0.350 e. The molecule has 4 heteroatoms. The van der Waals surface area contributed by atoms with E-state index in [9.17, 15) is 4.79 Å². The van der Waals surface area contributed by atoms with E-state index in [1.54, 1.807) is 0 Å². The number of rotatable bonds is 4. The van der Waals surface area contributed by atoms with Gasteiger partial charge in [0.1, 0.15) is 0 Å². The molecule has 2 aliphatic heterocycles. The first-order valence-electron chi connectivity index (χ1n) is 10.0. The summed E-state index contributed by atoms with van der Waals surface area (Å²) < 4.78 is 0. The SMILES string of the molecule is Cc1cccc(CN2CCC[C@]3(CCN(CC(=O)NC(C)(C)C)C3)C2)c1. The quantitative estimate of drug-likeness (QED) is 0.899. The first kappa shape index (κ1) is 19.4. The standard InChI is InChI=1S/C22H35N3O/c1-18-7-5-8-19(13-18)14-24-11-6-9-22(16-24)10-12-25(17-22)15-20(26)23-21(2,3)4/h5,7-8,13H,6,9-12,14-17H2,1-4H3,(H,23,26)/t22-/m0/s1. The zero-order valence-corrected chi connectivity index (χ0v) is 17.0. The molecule has 0 radical (unpaired) electrons. The number of amides is 1. The van der Waals surface area contributed by atoms with E-state index in [4.69, 9.17) is 0 Å². The van der Waals surface area contributed by atoms with Crippen LogP contribution in [0.2, 0.25) is 0 Å². The second-order valence-electron chi connectivity index (χ2n) is 9.56. The third-order valence-electron chi connectivity index (χ3n) is 5.63. The molecule has 0 bridgehead atoms. The van der Waals surface area contributed by atoms with Gasteiger partial charge in [-0.15, -0.1) is 0 Å². The molecule has 0 aliphatic carbocycles. The van der Waals surface area contributed by atoms with E-state index in [2.05, 4.69) is 46.3 Å². The Morgan fingerprint density at radius 3 is 2.65 bits per heavy atom. The second kappa shape index (κ2) is 7.69. The molecule has 0 saturated carbocycles. The summed E-state index contributed by atoms with van der Waals surface area (Å²) in [6.07, 6.45) is 3.79. The summed E-state index contributed by atoms with van der Waals surface area (Å²) in [6.45, 7) is 14.4. The summed E-state index contributed by atoms with van der Waals surface area (Å²) in [5, 5.41) is 3.09. The number of nitrogens with one attached hydrogen (secondary N) is 1. The van der Waals surface area contributed by atoms with Gasteiger partial charge in [-0.25, -0.2) is 0 Å². The van der Waals surface area contributed by atoms with Gasteiger partial charge in [-0.2, -0.15) is 0 Å². The normalized spacial score (nSPS) is 24.9. The van der Waals surface area contributed by atoms with Crippen molar-refractivity contribution in [1.29, 1.82) is 0 Å². The van der Waals surface area contributed by atoms with E-state index < -0.39 is 0 Å². The van der Waals surface area contributed by atoms with Gasteiger partial charge in [-0.3, -0.25) is 14.6 Å². The van der Waals surface area contributed by atoms with Crippen molar-refractivity contribution in [3.05, 3.63) is 35.4 Å². The van der Waals surface area contributed by atoms with Gasteiger partial charge in [0.25, 0.3) is 0 Å². The minimum absolute atomic E-state index is 0.149. The minimum Gasteiger partial charge on any atom is -0.350 e. The molecule has 2 heterocycles. The van der Waals surface area contributed by atoms with Crippen LogP contribution in [0.15, 0.2) is 24.3 Å². The molecule has 26 heavy (non-hydrogen) atoms. The lowest BCUT2D eigenvalue weighted by Crippen LogP contribution is -2.47. The van der Waals surface area contributed by atoms with Crippen LogP contribution in [0.4, 0.5) is 0 Å². The van der Waals surface area contributed by atoms with Gasteiger partial charge in [0.2, 0.25) is 5.91 Å². The Hall–Kier alpha value is -1.39. The maximum Gasteiger partial charge on any atom is 0.234 e. The molecule has 144 valence electrons. The van der Waals surface area contributed by atoms with Gasteiger partial charge in [0.05, 0.1) is 6.54 Å². The molecule has 1 N–H and O–H groups in total. The highest BCUT2D eigenvalue weighted by atomic mass is 16.2. The topological polar surface area (TPSA) is 35.6 Å². The van der Waals surface area contributed by atoms with Gasteiger partial charge in [-0.05, 0) is 71.0 Å². The average Bonchev–Trinajstić information content (AvgIpc) is 2.87. The summed E-state index contributed by atoms with van der Waals surface area (Å²) in [5.41, 5.74) is 2.99. The Balaban J connectivity index is 1.54. The van der Waals surface area contributed by atoms with Gasteiger partial charge in [-0.1, -0.05) is 29.8 Å². The lowest BCUT2D eigenvalue weighted by atomic mass is 9.79. The summed E-state index contributed by atoms with van der Waals surface area (Å²) in [6, 6.07) is 8.87. The zero-order valence-electron chi connectivity index (χ0n) is 17.0. The molecule has 0 unspecified atom stereocenters. The molecule has 1 atom stereocenters. The van der Waals surface area contributed by atoms with Gasteiger partial charge >= 0.3 is 0 Å². The van der Waals surface area contributed by atoms with Crippen molar-refractivity contribution in [2.24, 2.45) is 5.41 Å². The predicted molar refractivity (Wildman–Crippen MR) is 107 cm³/mol. The van der Waals surface area contributed by atoms with Crippen LogP contribution in [-0.2, 0) is 11.3 Å². The fourth-order valence-corrected chi connectivity index (χ4v) is 4.67. The van der Waals surface area contributed by atoms with E-state index in [1.807, 2.05) is 20.8 Å². The van der Waals surface area contributed by atoms with Gasteiger partial charge in [0, 0.05) is 25.2 Å². The summed E-state index contributed by atoms with van der Waals surface area (Å²) in [7, 11) is 0. The van der Waals surface area contributed by atoms with Gasteiger partial charge in [0.15, 0.2) is 0 Å². The Labute approximate surface area is 158 Å². The van der Waals surface area contributed by atoms with Crippen LogP contribution in [-0.4, -0.2) is 54.0 Å². The number of hydrogen-bond acceptors (Lipinski definition) is 3. The smallest absolute Gasteiger partial charge is 0.234 e. The number of likely N-dealkylation sites (tertiary alicyclic amines) is 2. The number of carbonyl (C=O) groups is 1. The molecule has 4 nitrogen and oxygen atoms in total. The highest BCUT2D eigenvalue weighted by Gasteiger charge is 2.41. The number of nitrogens with zero attached hydrogens (tertiary/aromatic N) is 2. The van der Waals surface area contributed by atoms with Crippen molar-refractivity contribution < 1.29 is 4.79 Å². The molecule has 1 spiro atoms. The van der Waals surface area contributed by atoms with E-state index in [-0.39, 0.29) is 11.4 Å². The van der Waals surface area contributed by atoms with Crippen LogP contribution in [0.25, 0.3) is 0 Å². The number of carbonyl (C=O) groups excluding carboxylic acids is 1. The monoisotopic (exact) mass is 357 g/mol. The predicted octanol–water partition coefficient (Wildman–Crippen LogP) is 3.20. The van der Waals surface area contributed by atoms with E-state index in [0.717, 1.165) is 19.6 Å². The molecule has 2 saturated heterocycles. The maximum atomic E-state index is 12.3. The van der Waals surface area contributed by atoms with Crippen molar-refractivity contribution in [3.63, 3.8) is 0 Å². The lowest BCUT2D eigenvalue weighted by molar-refractivity contribution is -0.123. The van der Waals surface area contributed by atoms with E-state index in [1.165, 1.54) is 43.5 Å². The van der Waals surface area contributed by atoms with Crippen molar-refractivity contribution >= 4 is 5.91 Å². The van der Waals surface area contributed by atoms with E-state index in [0.29, 0.717) is 12.0 Å². The Kier molecular flexibility index (Phi) is 5.73. The number of hydrogen-bond donors (Lipinski definition) is 1. The molecule has 3 rings (SSSR count). The average molecular weight is 358 g/mol.